The first-order valence-corrected chi connectivity index (χ1v) is 13.1. The fourth-order valence-electron chi connectivity index (χ4n) is 6.39. The van der Waals surface area contributed by atoms with E-state index in [0.717, 1.165) is 56.2 Å². The number of ketones is 1. The van der Waals surface area contributed by atoms with Gasteiger partial charge in [0.05, 0.1) is 17.3 Å². The molecular formula is C28H40N4O. The van der Waals surface area contributed by atoms with Crippen LogP contribution in [0.2, 0.25) is 0 Å². The number of carbonyl (C=O) groups is 1. The number of aromatic nitrogens is 2. The molecule has 1 unspecified atom stereocenters. The van der Waals surface area contributed by atoms with E-state index in [0.29, 0.717) is 18.4 Å². The van der Waals surface area contributed by atoms with Crippen molar-refractivity contribution in [1.82, 2.24) is 14.7 Å². The third kappa shape index (κ3) is 5.03. The quantitative estimate of drug-likeness (QED) is 0.562. The van der Waals surface area contributed by atoms with E-state index in [1.54, 1.807) is 0 Å². The van der Waals surface area contributed by atoms with Gasteiger partial charge in [-0.05, 0) is 76.4 Å². The third-order valence-electron chi connectivity index (χ3n) is 8.33. The number of nitrogens with zero attached hydrogens (tertiary/aromatic N) is 3. The van der Waals surface area contributed by atoms with Gasteiger partial charge >= 0.3 is 0 Å². The summed E-state index contributed by atoms with van der Waals surface area (Å²) >= 11 is 0. The van der Waals surface area contributed by atoms with Gasteiger partial charge in [0.1, 0.15) is 5.82 Å². The lowest BCUT2D eigenvalue weighted by Gasteiger charge is -2.42. The Morgan fingerprint density at radius 1 is 1.06 bits per heavy atom. The van der Waals surface area contributed by atoms with Crippen molar-refractivity contribution in [3.8, 4) is 0 Å². The Labute approximate surface area is 198 Å². The Morgan fingerprint density at radius 3 is 2.52 bits per heavy atom. The highest BCUT2D eigenvalue weighted by Gasteiger charge is 2.39. The monoisotopic (exact) mass is 448 g/mol. The van der Waals surface area contributed by atoms with Gasteiger partial charge in [0.2, 0.25) is 0 Å². The molecule has 0 amide bonds. The van der Waals surface area contributed by atoms with E-state index >= 15 is 0 Å². The van der Waals surface area contributed by atoms with Crippen LogP contribution in [0, 0.1) is 11.8 Å². The summed E-state index contributed by atoms with van der Waals surface area (Å²) in [5, 5.41) is 8.48. The summed E-state index contributed by atoms with van der Waals surface area (Å²) < 4.78 is 2.09. The molecular weight excluding hydrogens is 408 g/mol. The van der Waals surface area contributed by atoms with Gasteiger partial charge < -0.3 is 5.32 Å². The van der Waals surface area contributed by atoms with Gasteiger partial charge in [0.25, 0.3) is 0 Å². The topological polar surface area (TPSA) is 50.2 Å². The number of fused-ring (bicyclic) bond motifs is 1. The highest BCUT2D eigenvalue weighted by atomic mass is 16.1. The number of benzene rings is 1. The number of anilines is 1. The molecule has 0 radical (unpaired) electrons. The second-order valence-corrected chi connectivity index (χ2v) is 11.3. The van der Waals surface area contributed by atoms with Gasteiger partial charge in [-0.2, -0.15) is 5.10 Å². The zero-order valence-electron chi connectivity index (χ0n) is 20.4. The maximum absolute atomic E-state index is 13.4. The highest BCUT2D eigenvalue weighted by Crippen LogP contribution is 2.40. The molecule has 178 valence electrons. The first kappa shape index (κ1) is 22.6. The summed E-state index contributed by atoms with van der Waals surface area (Å²) in [7, 11) is 0. The summed E-state index contributed by atoms with van der Waals surface area (Å²) in [5.41, 5.74) is 2.14. The number of hydrogen-bond donors (Lipinski definition) is 1. The lowest BCUT2D eigenvalue weighted by atomic mass is 9.78. The molecule has 1 aliphatic carbocycles. The van der Waals surface area contributed by atoms with Crippen molar-refractivity contribution in [2.75, 3.05) is 18.4 Å². The van der Waals surface area contributed by atoms with Crippen LogP contribution in [0.4, 0.5) is 5.82 Å². The van der Waals surface area contributed by atoms with Crippen molar-refractivity contribution in [3.05, 3.63) is 47.7 Å². The van der Waals surface area contributed by atoms with E-state index in [9.17, 15) is 4.79 Å². The Balaban J connectivity index is 1.21. The standard InChI is InChI=1S/C28H40N4O/c1-28(2)18-25(23-11-7-4-8-12-23)30-27-24(19-29-32(27)28)26(33)17-21-13-15-31(16-14-21)20-22-9-5-3-6-10-22/h3,5-6,9-10,19,21,23,25,30H,4,7-8,11-18,20H2,1-2H3. The molecule has 5 rings (SSSR count). The Hall–Kier alpha value is -2.14. The van der Waals surface area contributed by atoms with Crippen LogP contribution in [-0.2, 0) is 12.1 Å². The summed E-state index contributed by atoms with van der Waals surface area (Å²) in [4.78, 5) is 15.9. The second kappa shape index (κ2) is 9.61. The Bertz CT molecular complexity index is 936. The van der Waals surface area contributed by atoms with Crippen LogP contribution in [0.3, 0.4) is 0 Å². The first-order valence-electron chi connectivity index (χ1n) is 13.1. The van der Waals surface area contributed by atoms with E-state index in [2.05, 4.69) is 64.2 Å². The third-order valence-corrected chi connectivity index (χ3v) is 8.33. The molecule has 1 atom stereocenters. The number of piperidine rings is 1. The Morgan fingerprint density at radius 2 is 1.79 bits per heavy atom. The zero-order valence-corrected chi connectivity index (χ0v) is 20.4. The van der Waals surface area contributed by atoms with E-state index in [1.165, 1.54) is 37.7 Å². The number of carbonyl (C=O) groups excluding carboxylic acids is 1. The SMILES string of the molecule is CC1(C)CC(C2CCCCC2)Nc2c(C(=O)CC3CCN(Cc4ccccc4)CC3)cnn21. The highest BCUT2D eigenvalue weighted by molar-refractivity contribution is 6.00. The smallest absolute Gasteiger partial charge is 0.168 e. The van der Waals surface area contributed by atoms with Crippen molar-refractivity contribution in [1.29, 1.82) is 0 Å². The molecule has 3 aliphatic rings. The average Bonchev–Trinajstić information content (AvgIpc) is 3.27. The summed E-state index contributed by atoms with van der Waals surface area (Å²) in [6, 6.07) is 11.2. The lowest BCUT2D eigenvalue weighted by Crippen LogP contribution is -2.45. The minimum Gasteiger partial charge on any atom is -0.367 e. The molecule has 33 heavy (non-hydrogen) atoms. The van der Waals surface area contributed by atoms with Crippen LogP contribution in [0.25, 0.3) is 0 Å². The zero-order chi connectivity index (χ0) is 22.8. The predicted octanol–water partition coefficient (Wildman–Crippen LogP) is 5.87. The van der Waals surface area contributed by atoms with E-state index in [4.69, 9.17) is 0 Å². The molecule has 0 spiro atoms. The molecule has 5 heteroatoms. The number of nitrogens with one attached hydrogen (secondary N) is 1. The van der Waals surface area contributed by atoms with Crippen LogP contribution in [0.5, 0.6) is 0 Å². The minimum atomic E-state index is -0.0516. The van der Waals surface area contributed by atoms with Crippen LogP contribution < -0.4 is 5.32 Å². The van der Waals surface area contributed by atoms with Gasteiger partial charge in [0.15, 0.2) is 5.78 Å². The van der Waals surface area contributed by atoms with Crippen molar-refractivity contribution in [3.63, 3.8) is 0 Å². The first-order chi connectivity index (χ1) is 16.0. The average molecular weight is 449 g/mol. The normalized spacial score (nSPS) is 24.2. The number of likely N-dealkylation sites (tertiary alicyclic amines) is 1. The minimum absolute atomic E-state index is 0.0516. The van der Waals surface area contributed by atoms with Crippen molar-refractivity contribution >= 4 is 11.6 Å². The molecule has 0 bridgehead atoms. The lowest BCUT2D eigenvalue weighted by molar-refractivity contribution is 0.0925. The van der Waals surface area contributed by atoms with Gasteiger partial charge in [-0.1, -0.05) is 49.6 Å². The van der Waals surface area contributed by atoms with Crippen LogP contribution in [0.1, 0.15) is 87.6 Å². The number of hydrogen-bond acceptors (Lipinski definition) is 4. The van der Waals surface area contributed by atoms with Crippen LogP contribution in [0.15, 0.2) is 36.5 Å². The maximum atomic E-state index is 13.4. The molecule has 2 fully saturated rings. The van der Waals surface area contributed by atoms with Gasteiger partial charge in [-0.15, -0.1) is 0 Å². The van der Waals surface area contributed by atoms with Gasteiger partial charge in [-0.25, -0.2) is 4.68 Å². The molecule has 1 saturated carbocycles. The molecule has 2 aliphatic heterocycles. The van der Waals surface area contributed by atoms with E-state index in [-0.39, 0.29) is 11.3 Å². The predicted molar refractivity (Wildman–Crippen MR) is 134 cm³/mol. The number of rotatable bonds is 6. The number of Topliss-reactive ketones (excluding diaryl/α,β-unsaturated/α-hetero) is 1. The molecule has 5 nitrogen and oxygen atoms in total. The molecule has 1 N–H and O–H groups in total. The molecule has 3 heterocycles. The molecule has 1 saturated heterocycles. The van der Waals surface area contributed by atoms with E-state index < -0.39 is 0 Å². The second-order valence-electron chi connectivity index (χ2n) is 11.3. The summed E-state index contributed by atoms with van der Waals surface area (Å²) in [6.07, 6.45) is 12.5. The summed E-state index contributed by atoms with van der Waals surface area (Å²) in [6.45, 7) is 7.72. The largest absolute Gasteiger partial charge is 0.367 e. The maximum Gasteiger partial charge on any atom is 0.168 e. The Kier molecular flexibility index (Phi) is 6.60. The van der Waals surface area contributed by atoms with Crippen LogP contribution >= 0.6 is 0 Å². The van der Waals surface area contributed by atoms with Crippen molar-refractivity contribution in [2.24, 2.45) is 11.8 Å². The van der Waals surface area contributed by atoms with Gasteiger partial charge in [-0.3, -0.25) is 9.69 Å². The van der Waals surface area contributed by atoms with Crippen molar-refractivity contribution < 1.29 is 4.79 Å². The fraction of sp³-hybridized carbons (Fsp3) is 0.643. The van der Waals surface area contributed by atoms with Crippen LogP contribution in [-0.4, -0.2) is 39.6 Å². The van der Waals surface area contributed by atoms with E-state index in [1.807, 2.05) is 6.20 Å². The summed E-state index contributed by atoms with van der Waals surface area (Å²) in [5.74, 6) is 2.45. The van der Waals surface area contributed by atoms with Gasteiger partial charge in [0, 0.05) is 19.0 Å². The molecule has 1 aromatic heterocycles. The fourth-order valence-corrected chi connectivity index (χ4v) is 6.39. The molecule has 2 aromatic rings. The molecule has 1 aromatic carbocycles. The van der Waals surface area contributed by atoms with Crippen molar-refractivity contribution in [2.45, 2.75) is 89.8 Å².